The number of hydrogen-bond acceptors (Lipinski definition) is 4. The molecule has 7 heteroatoms. The van der Waals surface area contributed by atoms with Gasteiger partial charge >= 0.3 is 6.03 Å². The molecule has 3 rings (SSSR count). The van der Waals surface area contributed by atoms with E-state index in [9.17, 15) is 9.59 Å². The van der Waals surface area contributed by atoms with Crippen LogP contribution in [-0.2, 0) is 16.9 Å². The first-order chi connectivity index (χ1) is 12.4. The molecule has 1 unspecified atom stereocenters. The largest absolute Gasteiger partial charge is 0.496 e. The molecule has 0 bridgehead atoms. The third kappa shape index (κ3) is 3.04. The topological polar surface area (TPSA) is 82.4 Å². The van der Waals surface area contributed by atoms with E-state index in [1.54, 1.807) is 37.3 Å². The van der Waals surface area contributed by atoms with Crippen molar-refractivity contribution in [2.24, 2.45) is 0 Å². The first-order valence-electron chi connectivity index (χ1n) is 7.86. The fourth-order valence-electron chi connectivity index (χ4n) is 2.98. The summed E-state index contributed by atoms with van der Waals surface area (Å²) in [6.45, 7) is 1.72. The molecule has 1 atom stereocenters. The van der Waals surface area contributed by atoms with Gasteiger partial charge in [0, 0.05) is 10.0 Å². The number of methoxy groups -OCH3 is 1. The van der Waals surface area contributed by atoms with Gasteiger partial charge in [0.15, 0.2) is 0 Å². The molecule has 1 heterocycles. The number of nitrogens with one attached hydrogen (secondary N) is 1. The Morgan fingerprint density at radius 3 is 2.73 bits per heavy atom. The van der Waals surface area contributed by atoms with Gasteiger partial charge in [-0.05, 0) is 42.8 Å². The third-order valence-corrected chi connectivity index (χ3v) is 4.91. The molecule has 1 aliphatic heterocycles. The molecule has 0 aliphatic carbocycles. The summed E-state index contributed by atoms with van der Waals surface area (Å²) >= 11 is 3.39. The molecule has 132 valence electrons. The number of rotatable bonds is 4. The Kier molecular flexibility index (Phi) is 4.70. The van der Waals surface area contributed by atoms with Gasteiger partial charge in [-0.3, -0.25) is 9.69 Å². The van der Waals surface area contributed by atoms with Crippen molar-refractivity contribution in [3.8, 4) is 11.8 Å². The molecule has 0 saturated carbocycles. The number of nitrogens with zero attached hydrogens (tertiary/aromatic N) is 2. The molecule has 1 N–H and O–H groups in total. The van der Waals surface area contributed by atoms with Crippen LogP contribution in [0.1, 0.15) is 23.6 Å². The van der Waals surface area contributed by atoms with E-state index in [1.165, 1.54) is 7.11 Å². The van der Waals surface area contributed by atoms with Crippen LogP contribution >= 0.6 is 15.9 Å². The van der Waals surface area contributed by atoms with Gasteiger partial charge in [-0.25, -0.2) is 4.79 Å². The maximum Gasteiger partial charge on any atom is 0.325 e. The van der Waals surface area contributed by atoms with Gasteiger partial charge in [0.25, 0.3) is 5.91 Å². The number of imide groups is 1. The molecule has 2 aromatic rings. The lowest BCUT2D eigenvalue weighted by Crippen LogP contribution is -2.40. The zero-order valence-corrected chi connectivity index (χ0v) is 15.8. The number of carbonyl (C=O) groups excluding carboxylic acids is 2. The van der Waals surface area contributed by atoms with Gasteiger partial charge in [0.1, 0.15) is 11.3 Å². The number of benzene rings is 2. The normalized spacial score (nSPS) is 19.2. The minimum absolute atomic E-state index is 0.0841. The zero-order chi connectivity index (χ0) is 18.9. The van der Waals surface area contributed by atoms with E-state index in [4.69, 9.17) is 10.00 Å². The van der Waals surface area contributed by atoms with Crippen molar-refractivity contribution in [1.29, 1.82) is 5.26 Å². The Morgan fingerprint density at radius 1 is 1.27 bits per heavy atom. The SMILES string of the molecule is COc1ccc(Br)cc1CN1C(=O)NC(C)(c2cccc(C#N)c2)C1=O. The average molecular weight is 414 g/mol. The van der Waals surface area contributed by atoms with Crippen LogP contribution in [0.3, 0.4) is 0 Å². The maximum absolute atomic E-state index is 13.0. The number of carbonyl (C=O) groups is 2. The van der Waals surface area contributed by atoms with E-state index < -0.39 is 11.6 Å². The lowest BCUT2D eigenvalue weighted by molar-refractivity contribution is -0.131. The van der Waals surface area contributed by atoms with E-state index in [2.05, 4.69) is 21.2 Å². The Labute approximate surface area is 159 Å². The lowest BCUT2D eigenvalue weighted by atomic mass is 9.91. The molecule has 6 nitrogen and oxygen atoms in total. The molecule has 1 aliphatic rings. The minimum Gasteiger partial charge on any atom is -0.496 e. The number of urea groups is 1. The average Bonchev–Trinajstić information content (AvgIpc) is 2.86. The second-order valence-electron chi connectivity index (χ2n) is 6.10. The minimum atomic E-state index is -1.22. The smallest absolute Gasteiger partial charge is 0.325 e. The van der Waals surface area contributed by atoms with E-state index in [-0.39, 0.29) is 12.5 Å². The molecule has 0 radical (unpaired) electrons. The molecule has 1 saturated heterocycles. The molecular formula is C19H16BrN3O3. The monoisotopic (exact) mass is 413 g/mol. The predicted molar refractivity (Wildman–Crippen MR) is 98.3 cm³/mol. The van der Waals surface area contributed by atoms with Gasteiger partial charge in [-0.2, -0.15) is 5.26 Å². The number of hydrogen-bond donors (Lipinski definition) is 1. The Balaban J connectivity index is 1.94. The van der Waals surface area contributed by atoms with Gasteiger partial charge in [-0.15, -0.1) is 0 Å². The van der Waals surface area contributed by atoms with Gasteiger partial charge in [0.2, 0.25) is 0 Å². The molecule has 26 heavy (non-hydrogen) atoms. The quantitative estimate of drug-likeness (QED) is 0.779. The molecular weight excluding hydrogens is 398 g/mol. The first kappa shape index (κ1) is 18.0. The summed E-state index contributed by atoms with van der Waals surface area (Å²) in [4.78, 5) is 26.7. The van der Waals surface area contributed by atoms with Gasteiger partial charge in [-0.1, -0.05) is 28.1 Å². The van der Waals surface area contributed by atoms with Crippen molar-refractivity contribution in [2.75, 3.05) is 7.11 Å². The Bertz CT molecular complexity index is 938. The summed E-state index contributed by atoms with van der Waals surface area (Å²) < 4.78 is 6.15. The summed E-state index contributed by atoms with van der Waals surface area (Å²) in [6.07, 6.45) is 0. The van der Waals surface area contributed by atoms with E-state index in [0.29, 0.717) is 22.4 Å². The van der Waals surface area contributed by atoms with Crippen molar-refractivity contribution in [2.45, 2.75) is 19.0 Å². The summed E-state index contributed by atoms with van der Waals surface area (Å²) in [5.41, 5.74) is 0.486. The Morgan fingerprint density at radius 2 is 2.04 bits per heavy atom. The standard InChI is InChI=1S/C19H16BrN3O3/c1-19(14-5-3-4-12(8-14)10-21)17(24)23(18(25)22-19)11-13-9-15(20)6-7-16(13)26-2/h3-9H,11H2,1-2H3,(H,22,25). The van der Waals surface area contributed by atoms with Crippen LogP contribution in [0.5, 0.6) is 5.75 Å². The van der Waals surface area contributed by atoms with Crippen LogP contribution < -0.4 is 10.1 Å². The predicted octanol–water partition coefficient (Wildman–Crippen LogP) is 3.30. The molecule has 0 spiro atoms. The lowest BCUT2D eigenvalue weighted by Gasteiger charge is -2.22. The summed E-state index contributed by atoms with van der Waals surface area (Å²) in [5, 5.41) is 11.8. The zero-order valence-electron chi connectivity index (χ0n) is 14.2. The molecule has 0 aromatic heterocycles. The van der Waals surface area contributed by atoms with E-state index >= 15 is 0 Å². The maximum atomic E-state index is 13.0. The number of nitriles is 1. The first-order valence-corrected chi connectivity index (χ1v) is 8.65. The number of amides is 3. The fourth-order valence-corrected chi connectivity index (χ4v) is 3.39. The highest BCUT2D eigenvalue weighted by molar-refractivity contribution is 9.10. The highest BCUT2D eigenvalue weighted by Gasteiger charge is 2.49. The van der Waals surface area contributed by atoms with E-state index in [1.807, 2.05) is 18.2 Å². The molecule has 2 aromatic carbocycles. The second kappa shape index (κ2) is 6.81. The molecule has 1 fully saturated rings. The highest BCUT2D eigenvalue weighted by Crippen LogP contribution is 2.32. The van der Waals surface area contributed by atoms with Crippen LogP contribution in [0.2, 0.25) is 0 Å². The van der Waals surface area contributed by atoms with Crippen LogP contribution in [0, 0.1) is 11.3 Å². The van der Waals surface area contributed by atoms with Crippen LogP contribution in [0.4, 0.5) is 4.79 Å². The number of ether oxygens (including phenoxy) is 1. The van der Waals surface area contributed by atoms with Crippen LogP contribution in [-0.4, -0.2) is 23.9 Å². The van der Waals surface area contributed by atoms with Crippen molar-refractivity contribution >= 4 is 27.9 Å². The van der Waals surface area contributed by atoms with Crippen molar-refractivity contribution in [1.82, 2.24) is 10.2 Å². The Hall–Kier alpha value is -2.85. The summed E-state index contributed by atoms with van der Waals surface area (Å²) in [5.74, 6) is 0.216. The second-order valence-corrected chi connectivity index (χ2v) is 7.01. The van der Waals surface area contributed by atoms with Gasteiger partial charge < -0.3 is 10.1 Å². The fraction of sp³-hybridized carbons (Fsp3) is 0.211. The van der Waals surface area contributed by atoms with Crippen LogP contribution in [0.25, 0.3) is 0 Å². The van der Waals surface area contributed by atoms with Gasteiger partial charge in [0.05, 0.1) is 25.3 Å². The summed E-state index contributed by atoms with van der Waals surface area (Å²) in [7, 11) is 1.54. The van der Waals surface area contributed by atoms with E-state index in [0.717, 1.165) is 9.37 Å². The van der Waals surface area contributed by atoms with Crippen LogP contribution in [0.15, 0.2) is 46.9 Å². The van der Waals surface area contributed by atoms with Crippen molar-refractivity contribution < 1.29 is 14.3 Å². The number of halogens is 1. The van der Waals surface area contributed by atoms with Crippen molar-refractivity contribution in [3.05, 3.63) is 63.6 Å². The summed E-state index contributed by atoms with van der Waals surface area (Å²) in [6, 6.07) is 13.7. The third-order valence-electron chi connectivity index (χ3n) is 4.41. The van der Waals surface area contributed by atoms with Crippen molar-refractivity contribution in [3.63, 3.8) is 0 Å². The molecule has 3 amide bonds. The highest BCUT2D eigenvalue weighted by atomic mass is 79.9.